The molecule has 0 saturated heterocycles. The third kappa shape index (κ3) is 58.2. The SMILES string of the molecule is O=P([O-])([O-])[O-].[K+].[Li+].[Na+]. The number of hydrogen-bond donors (Lipinski definition) is 0. The van der Waals surface area contributed by atoms with Crippen molar-refractivity contribution in [1.29, 1.82) is 0 Å². The van der Waals surface area contributed by atoms with Crippen LogP contribution in [0.15, 0.2) is 0 Å². The minimum Gasteiger partial charge on any atom is -0.822 e. The number of phosphoric acid groups is 1. The molecule has 0 spiro atoms. The normalized spacial score (nSPS) is 7.38. The van der Waals surface area contributed by atoms with Gasteiger partial charge in [-0.2, -0.15) is 7.82 Å². The fraction of sp³-hybridized carbons (Fsp3) is 0. The minimum atomic E-state index is -5.39. The van der Waals surface area contributed by atoms with Gasteiger partial charge in [0.15, 0.2) is 0 Å². The molecule has 4 nitrogen and oxygen atoms in total. The minimum absolute atomic E-state index is 0. The third-order valence-corrected chi connectivity index (χ3v) is 0. The molecule has 0 bridgehead atoms. The Hall–Kier alpha value is 3.34. The molecule has 0 unspecified atom stereocenters. The molecule has 0 aromatic rings. The van der Waals surface area contributed by atoms with Crippen LogP contribution in [0.2, 0.25) is 0 Å². The van der Waals surface area contributed by atoms with E-state index in [-0.39, 0.29) is 99.8 Å². The molecule has 0 aromatic heterocycles. The smallest absolute Gasteiger partial charge is 0.822 e. The van der Waals surface area contributed by atoms with E-state index in [1.54, 1.807) is 0 Å². The second-order valence-electron chi connectivity index (χ2n) is 0.447. The molecule has 8 heteroatoms. The molecule has 0 N–H and O–H groups in total. The summed E-state index contributed by atoms with van der Waals surface area (Å²) in [6.45, 7) is 0. The van der Waals surface area contributed by atoms with Gasteiger partial charge in [-0.3, -0.25) is 0 Å². The fourth-order valence-corrected chi connectivity index (χ4v) is 0. The summed E-state index contributed by atoms with van der Waals surface area (Å²) in [5, 5.41) is 0. The van der Waals surface area contributed by atoms with Crippen molar-refractivity contribution in [3.8, 4) is 0 Å². The molecule has 0 aromatic carbocycles. The van der Waals surface area contributed by atoms with E-state index in [1.165, 1.54) is 0 Å². The van der Waals surface area contributed by atoms with Crippen LogP contribution in [0, 0.1) is 0 Å². The summed E-state index contributed by atoms with van der Waals surface area (Å²) in [5.41, 5.74) is 0. The summed E-state index contributed by atoms with van der Waals surface area (Å²) < 4.78 is 8.55. The van der Waals surface area contributed by atoms with Gasteiger partial charge in [0, 0.05) is 0 Å². The Bertz CT molecular complexity index is 62.2. The van der Waals surface area contributed by atoms with Crippen LogP contribution in [0.3, 0.4) is 0 Å². The third-order valence-electron chi connectivity index (χ3n) is 0. The quantitative estimate of drug-likeness (QED) is 0.262. The number of hydrogen-bond acceptors (Lipinski definition) is 4. The van der Waals surface area contributed by atoms with Crippen molar-refractivity contribution in [3.05, 3.63) is 0 Å². The van der Waals surface area contributed by atoms with Gasteiger partial charge in [0.2, 0.25) is 0 Å². The van der Waals surface area contributed by atoms with Gasteiger partial charge in [-0.25, -0.2) is 0 Å². The van der Waals surface area contributed by atoms with Gasteiger partial charge in [-0.15, -0.1) is 0 Å². The van der Waals surface area contributed by atoms with E-state index in [0.29, 0.717) is 0 Å². The molecule has 0 amide bonds. The van der Waals surface area contributed by atoms with Crippen LogP contribution in [0.4, 0.5) is 0 Å². The van der Waals surface area contributed by atoms with Gasteiger partial charge in [0.1, 0.15) is 0 Å². The van der Waals surface area contributed by atoms with Crippen LogP contribution in [0.5, 0.6) is 0 Å². The van der Waals surface area contributed by atoms with Crippen molar-refractivity contribution < 1.29 is 119 Å². The Balaban J connectivity index is -0.0000000267. The van der Waals surface area contributed by atoms with Gasteiger partial charge in [-0.1, -0.05) is 0 Å². The van der Waals surface area contributed by atoms with E-state index < -0.39 is 7.82 Å². The molecule has 8 heavy (non-hydrogen) atoms. The Morgan fingerprint density at radius 3 is 1.12 bits per heavy atom. The van der Waals surface area contributed by atoms with Gasteiger partial charge in [0.25, 0.3) is 0 Å². The molecule has 0 radical (unpaired) electrons. The first-order chi connectivity index (χ1) is 2.00. The Labute approximate surface area is 124 Å². The summed E-state index contributed by atoms with van der Waals surface area (Å²) in [5.74, 6) is 0. The summed E-state index contributed by atoms with van der Waals surface area (Å²) in [6, 6.07) is 0. The average molecular weight is 164 g/mol. The fourth-order valence-electron chi connectivity index (χ4n) is 0. The summed E-state index contributed by atoms with van der Waals surface area (Å²) in [6.07, 6.45) is 0. The molecule has 0 aliphatic rings. The zero-order valence-corrected chi connectivity index (χ0v) is 11.1. The molecular formula is KLiNaO4P. The van der Waals surface area contributed by atoms with E-state index in [1.807, 2.05) is 0 Å². The van der Waals surface area contributed by atoms with Crippen LogP contribution in [0.1, 0.15) is 0 Å². The zero-order chi connectivity index (χ0) is 4.50. The van der Waals surface area contributed by atoms with Gasteiger partial charge in [-0.05, 0) is 0 Å². The maximum absolute atomic E-state index is 8.55. The van der Waals surface area contributed by atoms with Crippen molar-refractivity contribution in [2.24, 2.45) is 0 Å². The Kier molecular flexibility index (Phi) is 29.1. The molecule has 0 saturated carbocycles. The second-order valence-corrected chi connectivity index (χ2v) is 1.34. The maximum Gasteiger partial charge on any atom is 1.00 e. The first-order valence-electron chi connectivity index (χ1n) is 0.730. The standard InChI is InChI=1S/K.Li.Na.H3O4P/c;;;1-5(2,3)4/h;;;(H3,1,2,3,4)/q3*+1;/p-3. The molecule has 0 atom stereocenters. The predicted molar refractivity (Wildman–Crippen MR) is 7.61 cm³/mol. The van der Waals surface area contributed by atoms with Crippen LogP contribution in [-0.4, -0.2) is 0 Å². The summed E-state index contributed by atoms with van der Waals surface area (Å²) in [7, 11) is -5.39. The predicted octanol–water partition coefficient (Wildman–Crippen LogP) is -11.8. The summed E-state index contributed by atoms with van der Waals surface area (Å²) >= 11 is 0. The molecular weight excluding hydrogens is 164 g/mol. The van der Waals surface area contributed by atoms with Crippen LogP contribution >= 0.6 is 7.82 Å². The van der Waals surface area contributed by atoms with Gasteiger partial charge >= 0.3 is 99.8 Å². The maximum atomic E-state index is 8.55. The van der Waals surface area contributed by atoms with Crippen LogP contribution in [-0.2, 0) is 4.57 Å². The Morgan fingerprint density at radius 2 is 1.12 bits per heavy atom. The first-order valence-corrected chi connectivity index (χ1v) is 2.19. The molecule has 0 aliphatic carbocycles. The van der Waals surface area contributed by atoms with E-state index in [0.717, 1.165) is 0 Å². The molecule has 0 heterocycles. The van der Waals surface area contributed by atoms with Gasteiger partial charge < -0.3 is 19.2 Å². The van der Waals surface area contributed by atoms with Crippen molar-refractivity contribution in [3.63, 3.8) is 0 Å². The van der Waals surface area contributed by atoms with E-state index in [9.17, 15) is 0 Å². The Morgan fingerprint density at radius 1 is 1.12 bits per heavy atom. The summed E-state index contributed by atoms with van der Waals surface area (Å²) in [4.78, 5) is 25.6. The van der Waals surface area contributed by atoms with Crippen molar-refractivity contribution >= 4 is 7.82 Å². The van der Waals surface area contributed by atoms with E-state index in [2.05, 4.69) is 0 Å². The van der Waals surface area contributed by atoms with Crippen molar-refractivity contribution in [1.82, 2.24) is 0 Å². The second kappa shape index (κ2) is 10.3. The van der Waals surface area contributed by atoms with E-state index in [4.69, 9.17) is 19.2 Å². The van der Waals surface area contributed by atoms with Crippen LogP contribution < -0.4 is 114 Å². The van der Waals surface area contributed by atoms with Gasteiger partial charge in [0.05, 0.1) is 0 Å². The molecule has 32 valence electrons. The number of rotatable bonds is 0. The molecule has 0 rings (SSSR count). The molecule has 0 aliphatic heterocycles. The van der Waals surface area contributed by atoms with Crippen LogP contribution in [0.25, 0.3) is 0 Å². The molecule has 0 fully saturated rings. The largest absolute Gasteiger partial charge is 1.00 e. The van der Waals surface area contributed by atoms with Crippen molar-refractivity contribution in [2.75, 3.05) is 0 Å². The topological polar surface area (TPSA) is 86.2 Å². The van der Waals surface area contributed by atoms with E-state index >= 15 is 0 Å². The zero-order valence-electron chi connectivity index (χ0n) is 5.08. The monoisotopic (exact) mass is 164 g/mol. The van der Waals surface area contributed by atoms with Crippen molar-refractivity contribution in [2.45, 2.75) is 0 Å². The first kappa shape index (κ1) is 22.5. The average Bonchev–Trinajstić information content (AvgIpc) is 0.722.